The average molecular weight is 419 g/mol. The summed E-state index contributed by atoms with van der Waals surface area (Å²) in [5.74, 6) is -2.47. The molecule has 0 bridgehead atoms. The van der Waals surface area contributed by atoms with Gasteiger partial charge in [0, 0.05) is 49.4 Å². The van der Waals surface area contributed by atoms with Crippen LogP contribution in [0.5, 0.6) is 0 Å². The molecule has 105 valence electrons. The molecule has 0 saturated heterocycles. The Labute approximate surface area is 153 Å². The Balaban J connectivity index is 0.00000200. The molecule has 0 fully saturated rings. The number of hydrogen-bond donors (Lipinski definition) is 1. The number of carbonyl (C=O) groups excluding carboxylic acids is 1. The Kier molecular flexibility index (Phi) is 5.92. The second-order valence-electron chi connectivity index (χ2n) is 3.97. The van der Waals surface area contributed by atoms with Crippen LogP contribution in [0.2, 0.25) is 0 Å². The summed E-state index contributed by atoms with van der Waals surface area (Å²) in [6.07, 6.45) is -4.57. The normalized spacial score (nSPS) is 12.1. The molecule has 6 heteroatoms. The van der Waals surface area contributed by atoms with Crippen molar-refractivity contribution in [2.45, 2.75) is 6.18 Å². The van der Waals surface area contributed by atoms with Crippen molar-refractivity contribution in [3.05, 3.63) is 59.9 Å². The second kappa shape index (κ2) is 6.83. The molecule has 0 aliphatic carbocycles. The van der Waals surface area contributed by atoms with Crippen LogP contribution in [0.25, 0.3) is 10.8 Å². The van der Waals surface area contributed by atoms with Crippen molar-refractivity contribution in [3.8, 4) is 0 Å². The minimum atomic E-state index is -4.87. The summed E-state index contributed by atoms with van der Waals surface area (Å²) >= 11 is 0. The number of allylic oxidation sites excluding steroid dienone is 2. The molecule has 0 saturated carbocycles. The molecule has 2 rings (SSSR count). The summed E-state index contributed by atoms with van der Waals surface area (Å²) in [6, 6.07) is 12.0. The number of aliphatic hydroxyl groups is 1. The van der Waals surface area contributed by atoms with Gasteiger partial charge >= 0.3 is 12.0 Å². The molecule has 0 aromatic heterocycles. The predicted molar refractivity (Wildman–Crippen MR) is 66.8 cm³/mol. The van der Waals surface area contributed by atoms with Crippen molar-refractivity contribution < 1.29 is 72.4 Å². The number of ketones is 1. The van der Waals surface area contributed by atoms with E-state index in [0.717, 1.165) is 10.8 Å². The van der Waals surface area contributed by atoms with Crippen LogP contribution in [-0.2, 0) is 0 Å². The largest absolute Gasteiger partial charge is 0.504 e. The second-order valence-corrected chi connectivity index (χ2v) is 3.97. The molecular weight excluding hydrogens is 409 g/mol. The number of hydrogen-bond acceptors (Lipinski definition) is 1. The van der Waals surface area contributed by atoms with Crippen molar-refractivity contribution in [1.29, 1.82) is 0 Å². The Hall–Kier alpha value is -0.716. The number of rotatable bonds is 2. The summed E-state index contributed by atoms with van der Waals surface area (Å²) in [5.41, 5.74) is 0.203. The zero-order chi connectivity index (χ0) is 14.0. The third-order valence-electron chi connectivity index (χ3n) is 2.61. The molecule has 1 radical (unpaired) electrons. The van der Waals surface area contributed by atoms with Gasteiger partial charge in [-0.2, -0.15) is 13.2 Å². The number of aliphatic hydroxyl groups excluding tert-OH is 1. The van der Waals surface area contributed by atoms with E-state index in [1.165, 1.54) is 6.07 Å². The van der Waals surface area contributed by atoms with E-state index in [-0.39, 0.29) is 54.9 Å². The molecular formula is C14H10EuF3O2+. The molecule has 0 amide bonds. The fourth-order valence-electron chi connectivity index (χ4n) is 1.64. The van der Waals surface area contributed by atoms with Crippen LogP contribution in [0.3, 0.4) is 0 Å². The van der Waals surface area contributed by atoms with Gasteiger partial charge in [0.05, 0.1) is 11.6 Å². The van der Waals surface area contributed by atoms with Crippen LogP contribution in [0, 0.1) is 49.4 Å². The first kappa shape index (κ1) is 17.3. The summed E-state index contributed by atoms with van der Waals surface area (Å²) in [6.45, 7) is 0. The first-order valence-electron chi connectivity index (χ1n) is 5.41. The Morgan fingerprint density at radius 3 is 2.25 bits per heavy atom. The molecule has 0 aliphatic rings. The van der Waals surface area contributed by atoms with Gasteiger partial charge in [-0.05, 0) is 22.9 Å². The average Bonchev–Trinajstić information content (AvgIpc) is 2.37. The third-order valence-corrected chi connectivity index (χ3v) is 2.61. The minimum Gasteiger partial charge on any atom is -0.504 e. The smallest absolute Gasteiger partial charge is 0.449 e. The SMILES string of the molecule is O/C(=C\C(=[OH+])c1ccc2ccccc2c1)C(F)(F)F.[Eu]. The van der Waals surface area contributed by atoms with Crippen molar-refractivity contribution in [3.63, 3.8) is 0 Å². The number of fused-ring (bicyclic) bond motifs is 1. The minimum absolute atomic E-state index is 0. The van der Waals surface area contributed by atoms with Gasteiger partial charge < -0.3 is 5.11 Å². The summed E-state index contributed by atoms with van der Waals surface area (Å²) in [5, 5.41) is 10.5. The number of alkyl halides is 3. The van der Waals surface area contributed by atoms with E-state index in [4.69, 9.17) is 5.11 Å². The standard InChI is InChI=1S/C14H9F3O2.Eu/c15-14(16,17)13(19)8-12(18)11-6-5-9-3-1-2-4-10(9)7-11;/h1-8,19H;/p+1/b13-8-;. The van der Waals surface area contributed by atoms with Gasteiger partial charge in [-0.25, -0.2) is 0 Å². The van der Waals surface area contributed by atoms with Gasteiger partial charge in [-0.1, -0.05) is 30.3 Å². The molecule has 0 unspecified atom stereocenters. The number of halogens is 3. The molecule has 2 N–H and O–H groups in total. The zero-order valence-electron chi connectivity index (χ0n) is 10.0. The van der Waals surface area contributed by atoms with Crippen LogP contribution < -0.4 is 0 Å². The van der Waals surface area contributed by atoms with E-state index in [0.29, 0.717) is 6.08 Å². The van der Waals surface area contributed by atoms with Crippen LogP contribution in [-0.4, -0.2) is 21.9 Å². The van der Waals surface area contributed by atoms with Crippen LogP contribution in [0.15, 0.2) is 54.3 Å². The molecule has 0 spiro atoms. The van der Waals surface area contributed by atoms with Crippen molar-refractivity contribution in [2.75, 3.05) is 0 Å². The fraction of sp³-hybridized carbons (Fsp3) is 0.0714. The Morgan fingerprint density at radius 2 is 1.65 bits per heavy atom. The summed E-state index contributed by atoms with van der Waals surface area (Å²) in [4.78, 5) is 9.59. The fourth-order valence-corrected chi connectivity index (χ4v) is 1.64. The molecule has 2 aromatic carbocycles. The van der Waals surface area contributed by atoms with Gasteiger partial charge in [-0.15, -0.1) is 0 Å². The first-order chi connectivity index (χ1) is 8.88. The molecule has 2 aromatic rings. The summed E-state index contributed by atoms with van der Waals surface area (Å²) < 4.78 is 36.4. The third kappa shape index (κ3) is 4.14. The Bertz CT molecular complexity index is 663. The van der Waals surface area contributed by atoms with Gasteiger partial charge in [0.1, 0.15) is 0 Å². The van der Waals surface area contributed by atoms with Crippen LogP contribution in [0.4, 0.5) is 13.2 Å². The molecule has 2 nitrogen and oxygen atoms in total. The molecule has 0 heterocycles. The zero-order valence-corrected chi connectivity index (χ0v) is 12.5. The van der Waals surface area contributed by atoms with E-state index >= 15 is 0 Å². The van der Waals surface area contributed by atoms with E-state index in [1.54, 1.807) is 24.3 Å². The van der Waals surface area contributed by atoms with Crippen molar-refractivity contribution in [1.82, 2.24) is 0 Å². The first-order valence-corrected chi connectivity index (χ1v) is 5.41. The van der Waals surface area contributed by atoms with Crippen molar-refractivity contribution in [2.24, 2.45) is 0 Å². The van der Waals surface area contributed by atoms with Crippen LogP contribution in [0.1, 0.15) is 5.56 Å². The Morgan fingerprint density at radius 1 is 1.05 bits per heavy atom. The van der Waals surface area contributed by atoms with Gasteiger partial charge in [-0.3, -0.25) is 4.79 Å². The van der Waals surface area contributed by atoms with E-state index in [2.05, 4.69) is 0 Å². The van der Waals surface area contributed by atoms with E-state index in [1.807, 2.05) is 12.1 Å². The predicted octanol–water partition coefficient (Wildman–Crippen LogP) is 3.74. The summed E-state index contributed by atoms with van der Waals surface area (Å²) in [7, 11) is 0. The van der Waals surface area contributed by atoms with Crippen molar-refractivity contribution >= 4 is 16.6 Å². The maximum absolute atomic E-state index is 12.1. The maximum atomic E-state index is 12.1. The molecule has 0 aliphatic heterocycles. The number of benzene rings is 2. The monoisotopic (exact) mass is 420 g/mol. The van der Waals surface area contributed by atoms with Crippen LogP contribution >= 0.6 is 0 Å². The topological polar surface area (TPSA) is 41.6 Å². The van der Waals surface area contributed by atoms with Gasteiger partial charge in [0.25, 0.3) is 0 Å². The van der Waals surface area contributed by atoms with Gasteiger partial charge in [0.15, 0.2) is 0 Å². The van der Waals surface area contributed by atoms with E-state index in [9.17, 15) is 18.0 Å². The quantitative estimate of drug-likeness (QED) is 0.343. The van der Waals surface area contributed by atoms with E-state index < -0.39 is 17.7 Å². The maximum Gasteiger partial charge on any atom is 0.449 e. The van der Waals surface area contributed by atoms with Gasteiger partial charge in [0.2, 0.25) is 5.76 Å². The molecule has 20 heavy (non-hydrogen) atoms. The molecule has 0 atom stereocenters.